The molecule has 0 spiro atoms. The number of carbonyl (C=O) groups excluding carboxylic acids is 2. The molecule has 0 bridgehead atoms. The molecule has 0 fully saturated rings. The Morgan fingerprint density at radius 1 is 1.09 bits per heavy atom. The highest BCUT2D eigenvalue weighted by molar-refractivity contribution is 6.30. The lowest BCUT2D eigenvalue weighted by atomic mass is 9.90. The quantitative estimate of drug-likeness (QED) is 0.387. The first-order valence-corrected chi connectivity index (χ1v) is 14.0. The number of nitrogens with one attached hydrogen (secondary N) is 1. The number of allylic oxidation sites excluding steroid dienone is 1. The molecule has 1 atom stereocenters. The molecule has 2 aromatic carbocycles. The lowest BCUT2D eigenvalue weighted by Crippen LogP contribution is -2.43. The standard InChI is InChI=1S/C32H32F4N4O4/c1-31(2,21-9-12-27(43-3)28(15-21)44-4)37-29(41)20-7-5-19(6-8-20)17-39-14-13-26-23(18-39)30(42)40(38-26)22-10-11-25(33)24(16-22)32(34,35)36/h5-7,9-12,15-16,18,20H,8,13-14,17H2,1-4H3,(H,37,41). The van der Waals surface area contributed by atoms with Crippen LogP contribution in [0.2, 0.25) is 0 Å². The van der Waals surface area contributed by atoms with Crippen molar-refractivity contribution in [3.63, 3.8) is 0 Å². The van der Waals surface area contributed by atoms with Gasteiger partial charge in [0.2, 0.25) is 5.91 Å². The van der Waals surface area contributed by atoms with Crippen LogP contribution in [0.3, 0.4) is 0 Å². The predicted octanol–water partition coefficient (Wildman–Crippen LogP) is 5.71. The summed E-state index contributed by atoms with van der Waals surface area (Å²) in [5.74, 6) is -1.31. The van der Waals surface area contributed by atoms with Crippen molar-refractivity contribution in [2.45, 2.75) is 38.4 Å². The molecule has 2 aromatic rings. The lowest BCUT2D eigenvalue weighted by molar-refractivity contribution is -0.140. The van der Waals surface area contributed by atoms with Crippen LogP contribution in [0.4, 0.5) is 23.2 Å². The molecule has 1 N–H and O–H groups in total. The minimum Gasteiger partial charge on any atom is -0.493 e. The Balaban J connectivity index is 1.21. The highest BCUT2D eigenvalue weighted by Crippen LogP contribution is 2.36. The van der Waals surface area contributed by atoms with Gasteiger partial charge in [-0.2, -0.15) is 23.3 Å². The van der Waals surface area contributed by atoms with E-state index in [-0.39, 0.29) is 23.1 Å². The maximum atomic E-state index is 13.8. The number of rotatable bonds is 8. The van der Waals surface area contributed by atoms with Gasteiger partial charge in [0, 0.05) is 25.7 Å². The first-order valence-electron chi connectivity index (χ1n) is 14.0. The molecule has 3 aliphatic rings. The monoisotopic (exact) mass is 612 g/mol. The van der Waals surface area contributed by atoms with Gasteiger partial charge in [0.15, 0.2) is 11.5 Å². The lowest BCUT2D eigenvalue weighted by Gasteiger charge is -2.30. The van der Waals surface area contributed by atoms with Gasteiger partial charge in [-0.3, -0.25) is 9.59 Å². The van der Waals surface area contributed by atoms with Gasteiger partial charge in [-0.25, -0.2) is 4.39 Å². The average molecular weight is 613 g/mol. The Bertz CT molecular complexity index is 1610. The van der Waals surface area contributed by atoms with E-state index in [0.717, 1.165) is 22.2 Å². The molecular formula is C32H32F4N4O4. The fourth-order valence-corrected chi connectivity index (χ4v) is 5.34. The van der Waals surface area contributed by atoms with Gasteiger partial charge in [-0.05, 0) is 61.7 Å². The Hall–Kier alpha value is -4.61. The summed E-state index contributed by atoms with van der Waals surface area (Å²) in [7, 11) is 3.12. The van der Waals surface area contributed by atoms with Crippen LogP contribution >= 0.6 is 0 Å². The number of amides is 2. The second-order valence-electron chi connectivity index (χ2n) is 11.3. The largest absolute Gasteiger partial charge is 0.493 e. The third kappa shape index (κ3) is 6.20. The van der Waals surface area contributed by atoms with Crippen molar-refractivity contribution in [2.75, 3.05) is 32.3 Å². The number of methoxy groups -OCH3 is 2. The number of nitrogens with zero attached hydrogens (tertiary/aromatic N) is 3. The Labute approximate surface area is 252 Å². The van der Waals surface area contributed by atoms with Crippen molar-refractivity contribution >= 4 is 23.2 Å². The van der Waals surface area contributed by atoms with Gasteiger partial charge in [-0.1, -0.05) is 24.3 Å². The van der Waals surface area contributed by atoms with Crippen molar-refractivity contribution in [1.29, 1.82) is 0 Å². The zero-order chi connectivity index (χ0) is 31.8. The molecule has 0 aromatic heterocycles. The van der Waals surface area contributed by atoms with E-state index in [1.54, 1.807) is 26.5 Å². The number of fused-ring (bicyclic) bond motifs is 1. The molecule has 2 aliphatic heterocycles. The minimum absolute atomic E-state index is 0.122. The second kappa shape index (κ2) is 11.8. The van der Waals surface area contributed by atoms with Crippen LogP contribution in [0.1, 0.15) is 37.8 Å². The fraction of sp³-hybridized carbons (Fsp3) is 0.344. The van der Waals surface area contributed by atoms with E-state index in [0.29, 0.717) is 55.3 Å². The molecule has 232 valence electrons. The van der Waals surface area contributed by atoms with Gasteiger partial charge in [0.1, 0.15) is 5.82 Å². The third-order valence-electron chi connectivity index (χ3n) is 7.84. The molecule has 1 unspecified atom stereocenters. The molecular weight excluding hydrogens is 580 g/mol. The Morgan fingerprint density at radius 2 is 1.84 bits per heavy atom. The number of hydrogen-bond donors (Lipinski definition) is 1. The molecule has 1 aliphatic carbocycles. The average Bonchev–Trinajstić information content (AvgIpc) is 3.32. The van der Waals surface area contributed by atoms with Gasteiger partial charge in [-0.15, -0.1) is 0 Å². The molecule has 2 heterocycles. The van der Waals surface area contributed by atoms with Crippen molar-refractivity contribution in [3.8, 4) is 11.5 Å². The van der Waals surface area contributed by atoms with Crippen LogP contribution in [0.5, 0.6) is 11.5 Å². The van der Waals surface area contributed by atoms with Crippen molar-refractivity contribution in [1.82, 2.24) is 10.2 Å². The fourth-order valence-electron chi connectivity index (χ4n) is 5.34. The molecule has 8 nitrogen and oxygen atoms in total. The molecule has 2 amide bonds. The number of ether oxygens (including phenoxy) is 2. The number of hydrazone groups is 1. The van der Waals surface area contributed by atoms with E-state index in [4.69, 9.17) is 9.47 Å². The summed E-state index contributed by atoms with van der Waals surface area (Å²) in [6.07, 6.45) is 3.38. The molecule has 12 heteroatoms. The minimum atomic E-state index is -4.90. The zero-order valence-electron chi connectivity index (χ0n) is 24.7. The van der Waals surface area contributed by atoms with Crippen molar-refractivity contribution in [3.05, 3.63) is 88.9 Å². The number of hydrogen-bond acceptors (Lipinski definition) is 6. The molecule has 0 saturated carbocycles. The van der Waals surface area contributed by atoms with Crippen LogP contribution in [-0.2, 0) is 21.3 Å². The summed E-state index contributed by atoms with van der Waals surface area (Å²) in [5.41, 5.74) is 0.283. The Kier molecular flexibility index (Phi) is 8.28. The van der Waals surface area contributed by atoms with Crippen LogP contribution in [-0.4, -0.2) is 49.7 Å². The Morgan fingerprint density at radius 3 is 2.50 bits per heavy atom. The summed E-state index contributed by atoms with van der Waals surface area (Å²) in [4.78, 5) is 28.2. The van der Waals surface area contributed by atoms with Gasteiger partial charge < -0.3 is 19.7 Å². The first kappa shape index (κ1) is 30.8. The summed E-state index contributed by atoms with van der Waals surface area (Å²) in [6, 6.07) is 7.89. The number of carbonyl (C=O) groups is 2. The van der Waals surface area contributed by atoms with Crippen LogP contribution in [0.25, 0.3) is 0 Å². The van der Waals surface area contributed by atoms with E-state index in [1.165, 1.54) is 0 Å². The summed E-state index contributed by atoms with van der Waals surface area (Å²) >= 11 is 0. The van der Waals surface area contributed by atoms with Gasteiger partial charge in [0.05, 0.1) is 48.2 Å². The van der Waals surface area contributed by atoms with E-state index in [1.807, 2.05) is 49.1 Å². The predicted molar refractivity (Wildman–Crippen MR) is 157 cm³/mol. The highest BCUT2D eigenvalue weighted by atomic mass is 19.4. The highest BCUT2D eigenvalue weighted by Gasteiger charge is 2.38. The molecule has 5 rings (SSSR count). The number of benzene rings is 2. The van der Waals surface area contributed by atoms with Crippen LogP contribution in [0, 0.1) is 11.7 Å². The SMILES string of the molecule is COc1ccc(C(C)(C)NC(=O)C2C=CC(CN3C=C4C(=O)N(c5ccc(F)c(C(F)(F)F)c5)N=C4CC3)=CC2)cc1OC. The van der Waals surface area contributed by atoms with Gasteiger partial charge in [0.25, 0.3) is 5.91 Å². The van der Waals surface area contributed by atoms with E-state index in [9.17, 15) is 27.2 Å². The number of halogens is 4. The maximum absolute atomic E-state index is 13.8. The van der Waals surface area contributed by atoms with Gasteiger partial charge >= 0.3 is 6.18 Å². The summed E-state index contributed by atoms with van der Waals surface area (Å²) in [6.45, 7) is 4.84. The number of anilines is 1. The molecule has 0 saturated heterocycles. The summed E-state index contributed by atoms with van der Waals surface area (Å²) < 4.78 is 64.1. The van der Waals surface area contributed by atoms with Crippen LogP contribution in [0.15, 0.2) is 77.1 Å². The van der Waals surface area contributed by atoms with Crippen molar-refractivity contribution < 1.29 is 36.6 Å². The number of alkyl halides is 3. The second-order valence-corrected chi connectivity index (χ2v) is 11.3. The van der Waals surface area contributed by atoms with Crippen molar-refractivity contribution in [2.24, 2.45) is 11.0 Å². The zero-order valence-corrected chi connectivity index (χ0v) is 24.7. The summed E-state index contributed by atoms with van der Waals surface area (Å²) in [5, 5.41) is 8.22. The van der Waals surface area contributed by atoms with Crippen LogP contribution < -0.4 is 19.8 Å². The molecule has 0 radical (unpaired) electrons. The topological polar surface area (TPSA) is 83.5 Å². The smallest absolute Gasteiger partial charge is 0.419 e. The maximum Gasteiger partial charge on any atom is 0.419 e. The van der Waals surface area contributed by atoms with E-state index < -0.39 is 29.0 Å². The first-order chi connectivity index (χ1) is 20.8. The van der Waals surface area contributed by atoms with E-state index >= 15 is 0 Å². The van der Waals surface area contributed by atoms with E-state index in [2.05, 4.69) is 10.4 Å². The molecule has 44 heavy (non-hydrogen) atoms. The third-order valence-corrected chi connectivity index (χ3v) is 7.84. The normalized spacial score (nSPS) is 18.4.